The van der Waals surface area contributed by atoms with Crippen LogP contribution in [0.5, 0.6) is 0 Å². The van der Waals surface area contributed by atoms with E-state index in [2.05, 4.69) is 15.5 Å². The van der Waals surface area contributed by atoms with Crippen molar-refractivity contribution in [3.63, 3.8) is 0 Å². The van der Waals surface area contributed by atoms with Gasteiger partial charge in [0.1, 0.15) is 0 Å². The summed E-state index contributed by atoms with van der Waals surface area (Å²) >= 11 is 0. The van der Waals surface area contributed by atoms with Crippen LogP contribution in [-0.2, 0) is 4.79 Å². The number of carboxylic acid groups (broad SMARTS) is 1. The van der Waals surface area contributed by atoms with Gasteiger partial charge < -0.3 is 19.8 Å². The van der Waals surface area contributed by atoms with Crippen molar-refractivity contribution < 1.29 is 19.2 Å². The Morgan fingerprint density at radius 3 is 2.76 bits per heavy atom. The van der Waals surface area contributed by atoms with Crippen LogP contribution in [-0.4, -0.2) is 45.2 Å². The molecule has 2 atom stereocenters. The molecule has 2 fully saturated rings. The number of rotatable bonds is 3. The van der Waals surface area contributed by atoms with Crippen LogP contribution in [0.15, 0.2) is 35.2 Å². The van der Waals surface area contributed by atoms with E-state index in [1.54, 1.807) is 29.2 Å². The minimum atomic E-state index is -0.783. The lowest BCUT2D eigenvalue weighted by Crippen LogP contribution is -2.38. The number of carboxylic acids is 1. The second-order valence-corrected chi connectivity index (χ2v) is 6.69. The van der Waals surface area contributed by atoms with Crippen molar-refractivity contribution >= 4 is 17.7 Å². The molecule has 0 radical (unpaired) electrons. The van der Waals surface area contributed by atoms with E-state index in [1.165, 1.54) is 6.39 Å². The summed E-state index contributed by atoms with van der Waals surface area (Å²) in [5.74, 6) is -0.250. The Kier molecular flexibility index (Phi) is 3.67. The first kappa shape index (κ1) is 15.6. The minimum Gasteiger partial charge on any atom is -0.481 e. The van der Waals surface area contributed by atoms with E-state index in [9.17, 15) is 14.7 Å². The average Bonchev–Trinajstić information content (AvgIpc) is 3.31. The fraction of sp³-hybridized carbons (Fsp3) is 0.412. The number of urea groups is 1. The summed E-state index contributed by atoms with van der Waals surface area (Å²) in [4.78, 5) is 29.8. The van der Waals surface area contributed by atoms with E-state index in [0.717, 1.165) is 18.4 Å². The quantitative estimate of drug-likeness (QED) is 0.887. The first-order valence-electron chi connectivity index (χ1n) is 8.25. The van der Waals surface area contributed by atoms with E-state index in [4.69, 9.17) is 4.52 Å². The van der Waals surface area contributed by atoms with Gasteiger partial charge in [-0.15, -0.1) is 0 Å². The first-order valence-corrected chi connectivity index (χ1v) is 8.25. The zero-order valence-electron chi connectivity index (χ0n) is 13.5. The number of likely N-dealkylation sites (tertiary alicyclic amines) is 1. The Bertz CT molecular complexity index is 789. The van der Waals surface area contributed by atoms with Gasteiger partial charge in [0.2, 0.25) is 12.2 Å². The highest BCUT2D eigenvalue weighted by Gasteiger charge is 2.55. The number of nitrogens with one attached hydrogen (secondary N) is 1. The minimum absolute atomic E-state index is 0.0522. The van der Waals surface area contributed by atoms with Gasteiger partial charge >= 0.3 is 12.0 Å². The van der Waals surface area contributed by atoms with Crippen LogP contribution in [0.2, 0.25) is 0 Å². The van der Waals surface area contributed by atoms with Crippen LogP contribution in [0.1, 0.15) is 19.3 Å². The number of carbonyl (C=O) groups excluding carboxylic acids is 1. The highest BCUT2D eigenvalue weighted by Crippen LogP contribution is 2.48. The number of hydrogen-bond donors (Lipinski definition) is 2. The summed E-state index contributed by atoms with van der Waals surface area (Å²) in [6, 6.07) is 6.83. The molecule has 25 heavy (non-hydrogen) atoms. The summed E-state index contributed by atoms with van der Waals surface area (Å²) in [6.07, 6.45) is 3.70. The van der Waals surface area contributed by atoms with Gasteiger partial charge in [-0.05, 0) is 43.0 Å². The third-order valence-electron chi connectivity index (χ3n) is 5.34. The number of carbonyl (C=O) groups is 2. The number of benzene rings is 1. The van der Waals surface area contributed by atoms with E-state index >= 15 is 0 Å². The third kappa shape index (κ3) is 2.63. The summed E-state index contributed by atoms with van der Waals surface area (Å²) in [7, 11) is 0. The van der Waals surface area contributed by atoms with Crippen LogP contribution in [0.3, 0.4) is 0 Å². The number of amides is 2. The van der Waals surface area contributed by atoms with Crippen molar-refractivity contribution in [2.75, 3.05) is 18.4 Å². The molecule has 1 saturated carbocycles. The smallest absolute Gasteiger partial charge is 0.321 e. The fourth-order valence-electron chi connectivity index (χ4n) is 4.00. The molecule has 0 bridgehead atoms. The van der Waals surface area contributed by atoms with Gasteiger partial charge in [-0.3, -0.25) is 4.79 Å². The molecule has 2 N–H and O–H groups in total. The maximum atomic E-state index is 12.5. The molecular weight excluding hydrogens is 324 g/mol. The van der Waals surface area contributed by atoms with Crippen molar-refractivity contribution in [2.24, 2.45) is 11.3 Å². The second kappa shape index (κ2) is 5.87. The van der Waals surface area contributed by atoms with Gasteiger partial charge in [0, 0.05) is 24.3 Å². The van der Waals surface area contributed by atoms with Crippen molar-refractivity contribution in [2.45, 2.75) is 19.3 Å². The predicted molar refractivity (Wildman–Crippen MR) is 87.7 cm³/mol. The summed E-state index contributed by atoms with van der Waals surface area (Å²) in [6.45, 7) is 0.777. The number of aromatic nitrogens is 2. The van der Waals surface area contributed by atoms with Crippen molar-refractivity contribution in [3.05, 3.63) is 30.7 Å². The maximum absolute atomic E-state index is 12.5. The molecule has 1 aliphatic heterocycles. The van der Waals surface area contributed by atoms with E-state index in [0.29, 0.717) is 24.5 Å². The molecule has 1 aliphatic carbocycles. The number of aliphatic carboxylic acids is 1. The van der Waals surface area contributed by atoms with Crippen LogP contribution in [0, 0.1) is 11.3 Å². The molecule has 1 saturated heterocycles. The van der Waals surface area contributed by atoms with E-state index < -0.39 is 11.4 Å². The molecule has 2 heterocycles. The Morgan fingerprint density at radius 2 is 2.12 bits per heavy atom. The van der Waals surface area contributed by atoms with E-state index in [-0.39, 0.29) is 18.5 Å². The average molecular weight is 342 g/mol. The third-order valence-corrected chi connectivity index (χ3v) is 5.34. The molecular formula is C17H18N4O4. The summed E-state index contributed by atoms with van der Waals surface area (Å²) in [5, 5.41) is 16.2. The predicted octanol–water partition coefficient (Wildman–Crippen LogP) is 2.46. The molecule has 4 rings (SSSR count). The zero-order valence-corrected chi connectivity index (χ0v) is 13.5. The topological polar surface area (TPSA) is 109 Å². The standard InChI is InChI=1S/C17H18N4O4/c22-15(23)17-7-1-2-12(17)8-21(9-17)16(24)19-13-5-3-11(4-6-13)14-18-10-25-20-14/h3-6,10,12H,1-2,7-9H2,(H,19,24)(H,22,23)/t12-,17+/m0/s1. The summed E-state index contributed by atoms with van der Waals surface area (Å²) < 4.78 is 4.71. The summed E-state index contributed by atoms with van der Waals surface area (Å²) in [5.41, 5.74) is 0.658. The highest BCUT2D eigenvalue weighted by molar-refractivity contribution is 5.91. The molecule has 8 nitrogen and oxygen atoms in total. The number of nitrogens with zero attached hydrogens (tertiary/aromatic N) is 3. The van der Waals surface area contributed by atoms with E-state index in [1.807, 2.05) is 0 Å². The maximum Gasteiger partial charge on any atom is 0.321 e. The largest absolute Gasteiger partial charge is 0.481 e. The number of anilines is 1. The van der Waals surface area contributed by atoms with Crippen LogP contribution in [0.4, 0.5) is 10.5 Å². The van der Waals surface area contributed by atoms with Crippen molar-refractivity contribution in [1.82, 2.24) is 15.0 Å². The monoisotopic (exact) mass is 342 g/mol. The van der Waals surface area contributed by atoms with Crippen LogP contribution in [0.25, 0.3) is 11.4 Å². The molecule has 0 unspecified atom stereocenters. The fourth-order valence-corrected chi connectivity index (χ4v) is 4.00. The molecule has 2 aliphatic rings. The van der Waals surface area contributed by atoms with Gasteiger partial charge in [0.15, 0.2) is 0 Å². The van der Waals surface area contributed by atoms with Crippen molar-refractivity contribution in [1.29, 1.82) is 0 Å². The lowest BCUT2D eigenvalue weighted by atomic mass is 9.81. The van der Waals surface area contributed by atoms with Gasteiger partial charge in [-0.2, -0.15) is 4.98 Å². The van der Waals surface area contributed by atoms with Gasteiger partial charge in [-0.1, -0.05) is 11.6 Å². The van der Waals surface area contributed by atoms with Gasteiger partial charge in [0.05, 0.1) is 5.41 Å². The molecule has 1 aromatic carbocycles. The first-order chi connectivity index (χ1) is 12.1. The highest BCUT2D eigenvalue weighted by atomic mass is 16.5. The molecule has 8 heteroatoms. The Morgan fingerprint density at radius 1 is 1.32 bits per heavy atom. The number of fused-ring (bicyclic) bond motifs is 1. The lowest BCUT2D eigenvalue weighted by Gasteiger charge is -2.23. The molecule has 1 aromatic heterocycles. The lowest BCUT2D eigenvalue weighted by molar-refractivity contribution is -0.149. The zero-order chi connectivity index (χ0) is 17.4. The van der Waals surface area contributed by atoms with Crippen LogP contribution < -0.4 is 5.32 Å². The molecule has 0 spiro atoms. The second-order valence-electron chi connectivity index (χ2n) is 6.69. The SMILES string of the molecule is O=C(Nc1ccc(-c2ncon2)cc1)N1C[C@@H]2CCC[C@@]2(C(=O)O)C1. The van der Waals surface area contributed by atoms with Crippen LogP contribution >= 0.6 is 0 Å². The molecule has 2 amide bonds. The molecule has 2 aromatic rings. The van der Waals surface area contributed by atoms with Gasteiger partial charge in [0.25, 0.3) is 0 Å². The normalized spacial score (nSPS) is 25.0. The Hall–Kier alpha value is -2.90. The van der Waals surface area contributed by atoms with Gasteiger partial charge in [-0.25, -0.2) is 4.79 Å². The number of hydrogen-bond acceptors (Lipinski definition) is 5. The van der Waals surface area contributed by atoms with Crippen molar-refractivity contribution in [3.8, 4) is 11.4 Å². The Balaban J connectivity index is 1.43. The Labute approximate surface area is 143 Å². The molecule has 130 valence electrons.